The molecule has 35 heavy (non-hydrogen) atoms. The number of aromatic nitrogens is 1. The summed E-state index contributed by atoms with van der Waals surface area (Å²) in [7, 11) is 0. The van der Waals surface area contributed by atoms with Gasteiger partial charge in [-0.25, -0.2) is 4.39 Å². The first-order chi connectivity index (χ1) is 17.2. The molecule has 0 spiro atoms. The van der Waals surface area contributed by atoms with Gasteiger partial charge in [-0.05, 0) is 116 Å². The summed E-state index contributed by atoms with van der Waals surface area (Å²) >= 11 is 0. The van der Waals surface area contributed by atoms with Crippen LogP contribution in [-0.2, 0) is 25.7 Å². The molecular formula is C33H22FN. The monoisotopic (exact) mass is 451 g/mol. The lowest BCUT2D eigenvalue weighted by Gasteiger charge is -2.30. The fourth-order valence-electron chi connectivity index (χ4n) is 6.55. The molecule has 0 saturated carbocycles. The zero-order valence-electron chi connectivity index (χ0n) is 19.2. The number of benzene rings is 5. The molecule has 0 aliphatic heterocycles. The van der Waals surface area contributed by atoms with E-state index in [2.05, 4.69) is 60.7 Å². The van der Waals surface area contributed by atoms with Gasteiger partial charge < -0.3 is 0 Å². The van der Waals surface area contributed by atoms with Crippen LogP contribution in [-0.4, -0.2) is 4.98 Å². The third-order valence-corrected chi connectivity index (χ3v) is 8.11. The molecule has 0 saturated heterocycles. The second-order valence-electron chi connectivity index (χ2n) is 9.97. The van der Waals surface area contributed by atoms with E-state index in [4.69, 9.17) is 4.98 Å². The molecule has 0 fully saturated rings. The SMILES string of the molecule is Fc1ccc2ccc3c4ccnc(-c5cc6c7c(c5)CCc5cccc(c5-7)CC6)c4ccc3c2c1. The molecule has 0 atom stereocenters. The summed E-state index contributed by atoms with van der Waals surface area (Å²) in [5, 5.41) is 6.54. The number of fused-ring (bicyclic) bond motifs is 5. The Morgan fingerprint density at radius 2 is 1.14 bits per heavy atom. The highest BCUT2D eigenvalue weighted by molar-refractivity contribution is 6.19. The van der Waals surface area contributed by atoms with Crippen molar-refractivity contribution in [3.8, 4) is 22.4 Å². The summed E-state index contributed by atoms with van der Waals surface area (Å²) < 4.78 is 14.1. The largest absolute Gasteiger partial charge is 0.256 e. The van der Waals surface area contributed by atoms with Crippen molar-refractivity contribution in [3.63, 3.8) is 0 Å². The van der Waals surface area contributed by atoms with Gasteiger partial charge in [-0.15, -0.1) is 0 Å². The van der Waals surface area contributed by atoms with Gasteiger partial charge in [0.15, 0.2) is 0 Å². The second kappa shape index (κ2) is 6.99. The van der Waals surface area contributed by atoms with E-state index in [9.17, 15) is 4.39 Å². The molecular weight excluding hydrogens is 429 g/mol. The molecule has 5 aromatic carbocycles. The molecule has 1 heterocycles. The molecule has 8 rings (SSSR count). The zero-order valence-corrected chi connectivity index (χ0v) is 19.2. The molecule has 2 aliphatic carbocycles. The van der Waals surface area contributed by atoms with Gasteiger partial charge in [-0.1, -0.05) is 48.5 Å². The smallest absolute Gasteiger partial charge is 0.123 e. The van der Waals surface area contributed by atoms with Gasteiger partial charge in [0.1, 0.15) is 5.82 Å². The van der Waals surface area contributed by atoms with E-state index in [1.54, 1.807) is 6.07 Å². The first kappa shape index (κ1) is 19.3. The van der Waals surface area contributed by atoms with Gasteiger partial charge in [0.05, 0.1) is 5.69 Å². The summed E-state index contributed by atoms with van der Waals surface area (Å²) in [5.41, 5.74) is 11.1. The van der Waals surface area contributed by atoms with Crippen molar-refractivity contribution in [1.82, 2.24) is 4.98 Å². The van der Waals surface area contributed by atoms with Crippen LogP contribution in [0, 0.1) is 5.82 Å². The Kier molecular flexibility index (Phi) is 3.85. The van der Waals surface area contributed by atoms with Gasteiger partial charge in [0.25, 0.3) is 0 Å². The maximum atomic E-state index is 14.1. The number of aryl methyl sites for hydroxylation is 4. The molecule has 0 amide bonds. The van der Waals surface area contributed by atoms with Crippen LogP contribution in [0.2, 0.25) is 0 Å². The number of hydrogen-bond donors (Lipinski definition) is 0. The van der Waals surface area contributed by atoms with Crippen molar-refractivity contribution in [2.24, 2.45) is 0 Å². The quantitative estimate of drug-likeness (QED) is 0.230. The van der Waals surface area contributed by atoms with Crippen molar-refractivity contribution >= 4 is 32.3 Å². The van der Waals surface area contributed by atoms with Crippen LogP contribution in [0.1, 0.15) is 22.3 Å². The number of hydrogen-bond acceptors (Lipinski definition) is 1. The van der Waals surface area contributed by atoms with Crippen molar-refractivity contribution < 1.29 is 4.39 Å². The summed E-state index contributed by atoms with van der Waals surface area (Å²) in [4.78, 5) is 4.88. The van der Waals surface area contributed by atoms with E-state index in [0.717, 1.165) is 63.7 Å². The predicted octanol–water partition coefficient (Wildman–Crippen LogP) is 8.21. The highest BCUT2D eigenvalue weighted by Gasteiger charge is 2.26. The normalized spacial score (nSPS) is 14.0. The van der Waals surface area contributed by atoms with Crippen LogP contribution in [0.3, 0.4) is 0 Å². The number of pyridine rings is 1. The second-order valence-corrected chi connectivity index (χ2v) is 9.97. The minimum atomic E-state index is -0.201. The fourth-order valence-corrected chi connectivity index (χ4v) is 6.55. The Labute approximate surface area is 202 Å². The predicted molar refractivity (Wildman–Crippen MR) is 142 cm³/mol. The van der Waals surface area contributed by atoms with Crippen molar-refractivity contribution in [2.75, 3.05) is 0 Å². The topological polar surface area (TPSA) is 12.9 Å². The van der Waals surface area contributed by atoms with E-state index >= 15 is 0 Å². The molecule has 1 nitrogen and oxygen atoms in total. The molecule has 0 unspecified atom stereocenters. The molecule has 6 aromatic rings. The summed E-state index contributed by atoms with van der Waals surface area (Å²) in [6, 6.07) is 27.3. The number of halogens is 1. The van der Waals surface area contributed by atoms with Crippen molar-refractivity contribution in [1.29, 1.82) is 0 Å². The third-order valence-electron chi connectivity index (χ3n) is 8.11. The van der Waals surface area contributed by atoms with Crippen LogP contribution in [0.15, 0.2) is 85.1 Å². The molecule has 166 valence electrons. The Balaban J connectivity index is 1.37. The van der Waals surface area contributed by atoms with Crippen LogP contribution in [0.5, 0.6) is 0 Å². The Hall–Kier alpha value is -4.04. The van der Waals surface area contributed by atoms with E-state index in [1.807, 2.05) is 12.3 Å². The highest BCUT2D eigenvalue weighted by atomic mass is 19.1. The highest BCUT2D eigenvalue weighted by Crippen LogP contribution is 2.45. The number of rotatable bonds is 1. The first-order valence-corrected chi connectivity index (χ1v) is 12.4. The average Bonchev–Trinajstić information content (AvgIpc) is 2.90. The molecule has 2 heteroatoms. The zero-order chi connectivity index (χ0) is 23.1. The van der Waals surface area contributed by atoms with Crippen LogP contribution in [0.25, 0.3) is 54.7 Å². The summed E-state index contributed by atoms with van der Waals surface area (Å²) in [6.45, 7) is 0. The van der Waals surface area contributed by atoms with Gasteiger partial charge >= 0.3 is 0 Å². The van der Waals surface area contributed by atoms with Gasteiger partial charge in [-0.3, -0.25) is 4.98 Å². The summed E-state index contributed by atoms with van der Waals surface area (Å²) in [5.74, 6) is -0.201. The third kappa shape index (κ3) is 2.71. The minimum absolute atomic E-state index is 0.201. The number of nitrogens with zero attached hydrogens (tertiary/aromatic N) is 1. The van der Waals surface area contributed by atoms with E-state index in [0.29, 0.717) is 0 Å². The lowest BCUT2D eigenvalue weighted by atomic mass is 9.74. The molecule has 2 aliphatic rings. The van der Waals surface area contributed by atoms with Crippen molar-refractivity contribution in [3.05, 3.63) is 113 Å². The fraction of sp³-hybridized carbons (Fsp3) is 0.121. The van der Waals surface area contributed by atoms with Gasteiger partial charge in [-0.2, -0.15) is 0 Å². The lowest BCUT2D eigenvalue weighted by molar-refractivity contribution is 0.630. The van der Waals surface area contributed by atoms with E-state index < -0.39 is 0 Å². The maximum Gasteiger partial charge on any atom is 0.123 e. The van der Waals surface area contributed by atoms with E-state index in [-0.39, 0.29) is 5.82 Å². The van der Waals surface area contributed by atoms with Crippen molar-refractivity contribution in [2.45, 2.75) is 25.7 Å². The van der Waals surface area contributed by atoms with Crippen LogP contribution >= 0.6 is 0 Å². The van der Waals surface area contributed by atoms with Crippen LogP contribution in [0.4, 0.5) is 4.39 Å². The van der Waals surface area contributed by atoms with E-state index in [1.165, 1.54) is 45.0 Å². The maximum absolute atomic E-state index is 14.1. The Morgan fingerprint density at radius 3 is 1.94 bits per heavy atom. The van der Waals surface area contributed by atoms with Gasteiger partial charge in [0, 0.05) is 17.1 Å². The molecule has 0 radical (unpaired) electrons. The van der Waals surface area contributed by atoms with Gasteiger partial charge in [0.2, 0.25) is 0 Å². The lowest BCUT2D eigenvalue weighted by Crippen LogP contribution is -2.14. The summed E-state index contributed by atoms with van der Waals surface area (Å²) in [6.07, 6.45) is 6.30. The standard InChI is InChI=1S/C33H22FN/c34-25-10-8-19-9-11-26-27(30(19)18-25)12-13-29-28(26)14-15-35-33(29)24-16-22-6-4-20-2-1-3-21-5-7-23(17-24)32(22)31(20)21/h1-3,8-18H,4-7H2. The Morgan fingerprint density at radius 1 is 0.543 bits per heavy atom. The minimum Gasteiger partial charge on any atom is -0.256 e. The first-order valence-electron chi connectivity index (χ1n) is 12.4. The Bertz CT molecular complexity index is 1820. The average molecular weight is 452 g/mol. The van der Waals surface area contributed by atoms with Crippen LogP contribution < -0.4 is 0 Å². The molecule has 1 aromatic heterocycles. The molecule has 0 bridgehead atoms. The molecule has 0 N–H and O–H groups in total.